The fourth-order valence-electron chi connectivity index (χ4n) is 3.55. The zero-order chi connectivity index (χ0) is 21.9. The molecule has 1 saturated carbocycles. The SMILES string of the molecule is COCCOc1cccc(NC(=O)CNc2ccc(C(=O)NC3CCCCC3)cc2)c1. The van der Waals surface area contributed by atoms with Gasteiger partial charge in [0.2, 0.25) is 5.91 Å². The minimum atomic E-state index is -0.173. The summed E-state index contributed by atoms with van der Waals surface area (Å²) in [4.78, 5) is 24.6. The first-order chi connectivity index (χ1) is 15.1. The lowest BCUT2D eigenvalue weighted by atomic mass is 9.95. The number of nitrogens with one attached hydrogen (secondary N) is 3. The molecule has 0 heterocycles. The van der Waals surface area contributed by atoms with E-state index in [1.807, 2.05) is 24.3 Å². The molecule has 3 N–H and O–H groups in total. The third-order valence-electron chi connectivity index (χ3n) is 5.21. The summed E-state index contributed by atoms with van der Waals surface area (Å²) in [7, 11) is 1.62. The molecule has 0 atom stereocenters. The second-order valence-corrected chi connectivity index (χ2v) is 7.66. The molecule has 0 unspecified atom stereocenters. The first kappa shape index (κ1) is 22.6. The summed E-state index contributed by atoms with van der Waals surface area (Å²) in [5.41, 5.74) is 2.07. The topological polar surface area (TPSA) is 88.7 Å². The van der Waals surface area contributed by atoms with Crippen LogP contribution in [0.25, 0.3) is 0 Å². The molecular formula is C24H31N3O4. The Morgan fingerprint density at radius 2 is 1.74 bits per heavy atom. The second-order valence-electron chi connectivity index (χ2n) is 7.66. The monoisotopic (exact) mass is 425 g/mol. The maximum absolute atomic E-state index is 12.4. The summed E-state index contributed by atoms with van der Waals surface area (Å²) in [6.45, 7) is 1.06. The van der Waals surface area contributed by atoms with Gasteiger partial charge in [0, 0.05) is 36.2 Å². The van der Waals surface area contributed by atoms with Gasteiger partial charge in [-0.15, -0.1) is 0 Å². The van der Waals surface area contributed by atoms with E-state index in [1.165, 1.54) is 19.3 Å². The number of methoxy groups -OCH3 is 1. The Kier molecular flexibility index (Phi) is 8.72. The van der Waals surface area contributed by atoms with Gasteiger partial charge in [-0.25, -0.2) is 0 Å². The number of carbonyl (C=O) groups is 2. The normalized spacial score (nSPS) is 14.0. The Hall–Kier alpha value is -3.06. The summed E-state index contributed by atoms with van der Waals surface area (Å²) >= 11 is 0. The largest absolute Gasteiger partial charge is 0.491 e. The predicted molar refractivity (Wildman–Crippen MR) is 122 cm³/mol. The Morgan fingerprint density at radius 3 is 2.48 bits per heavy atom. The number of ether oxygens (including phenoxy) is 2. The lowest BCUT2D eigenvalue weighted by molar-refractivity contribution is -0.114. The highest BCUT2D eigenvalue weighted by atomic mass is 16.5. The summed E-state index contributed by atoms with van der Waals surface area (Å²) in [6, 6.07) is 14.7. The van der Waals surface area contributed by atoms with Crippen LogP contribution in [0.15, 0.2) is 48.5 Å². The third-order valence-corrected chi connectivity index (χ3v) is 5.21. The van der Waals surface area contributed by atoms with Crippen LogP contribution in [0.4, 0.5) is 11.4 Å². The molecule has 0 aromatic heterocycles. The van der Waals surface area contributed by atoms with Gasteiger partial charge in [0.25, 0.3) is 5.91 Å². The molecule has 0 saturated heterocycles. The minimum absolute atomic E-state index is 0.0382. The van der Waals surface area contributed by atoms with Crippen molar-refractivity contribution in [2.75, 3.05) is 37.5 Å². The van der Waals surface area contributed by atoms with Crippen molar-refractivity contribution in [2.24, 2.45) is 0 Å². The van der Waals surface area contributed by atoms with Crippen LogP contribution in [-0.2, 0) is 9.53 Å². The zero-order valence-corrected chi connectivity index (χ0v) is 18.0. The average molecular weight is 426 g/mol. The van der Waals surface area contributed by atoms with Crippen LogP contribution in [-0.4, -0.2) is 44.7 Å². The van der Waals surface area contributed by atoms with Crippen molar-refractivity contribution in [3.8, 4) is 5.75 Å². The molecule has 1 aliphatic carbocycles. The van der Waals surface area contributed by atoms with Gasteiger partial charge in [-0.1, -0.05) is 25.3 Å². The molecule has 2 amide bonds. The van der Waals surface area contributed by atoms with Crippen LogP contribution in [0.2, 0.25) is 0 Å². The fourth-order valence-corrected chi connectivity index (χ4v) is 3.55. The fraction of sp³-hybridized carbons (Fsp3) is 0.417. The number of hydrogen-bond acceptors (Lipinski definition) is 5. The van der Waals surface area contributed by atoms with Crippen LogP contribution in [0.5, 0.6) is 5.75 Å². The molecule has 0 spiro atoms. The van der Waals surface area contributed by atoms with Crippen molar-refractivity contribution >= 4 is 23.2 Å². The zero-order valence-electron chi connectivity index (χ0n) is 18.0. The van der Waals surface area contributed by atoms with Gasteiger partial charge in [-0.3, -0.25) is 9.59 Å². The first-order valence-electron chi connectivity index (χ1n) is 10.8. The Morgan fingerprint density at radius 1 is 0.968 bits per heavy atom. The molecule has 166 valence electrons. The van der Waals surface area contributed by atoms with Gasteiger partial charge in [0.15, 0.2) is 0 Å². The number of amides is 2. The van der Waals surface area contributed by atoms with E-state index in [2.05, 4.69) is 16.0 Å². The van der Waals surface area contributed by atoms with E-state index in [0.717, 1.165) is 18.5 Å². The van der Waals surface area contributed by atoms with Crippen molar-refractivity contribution in [1.82, 2.24) is 5.32 Å². The van der Waals surface area contributed by atoms with Crippen molar-refractivity contribution in [2.45, 2.75) is 38.1 Å². The van der Waals surface area contributed by atoms with E-state index in [4.69, 9.17) is 9.47 Å². The van der Waals surface area contributed by atoms with Crippen molar-refractivity contribution < 1.29 is 19.1 Å². The van der Waals surface area contributed by atoms with Crippen LogP contribution in [0, 0.1) is 0 Å². The maximum atomic E-state index is 12.4. The lowest BCUT2D eigenvalue weighted by Crippen LogP contribution is -2.36. The quantitative estimate of drug-likeness (QED) is 0.504. The van der Waals surface area contributed by atoms with Gasteiger partial charge >= 0.3 is 0 Å². The molecule has 0 aliphatic heterocycles. The summed E-state index contributed by atoms with van der Waals surface area (Å²) < 4.78 is 10.5. The first-order valence-corrected chi connectivity index (χ1v) is 10.8. The van der Waals surface area contributed by atoms with Crippen LogP contribution in [0.3, 0.4) is 0 Å². The highest BCUT2D eigenvalue weighted by molar-refractivity contribution is 5.95. The third kappa shape index (κ3) is 7.61. The average Bonchev–Trinajstić information content (AvgIpc) is 2.79. The van der Waals surface area contributed by atoms with Crippen LogP contribution in [0.1, 0.15) is 42.5 Å². The van der Waals surface area contributed by atoms with Gasteiger partial charge in [0.05, 0.1) is 13.2 Å². The molecule has 7 nitrogen and oxygen atoms in total. The number of rotatable bonds is 10. The van der Waals surface area contributed by atoms with Crippen molar-refractivity contribution in [1.29, 1.82) is 0 Å². The molecule has 0 bridgehead atoms. The van der Waals surface area contributed by atoms with E-state index in [9.17, 15) is 9.59 Å². The highest BCUT2D eigenvalue weighted by Gasteiger charge is 2.16. The van der Waals surface area contributed by atoms with Crippen molar-refractivity contribution in [3.05, 3.63) is 54.1 Å². The number of carbonyl (C=O) groups excluding carboxylic acids is 2. The molecule has 3 rings (SSSR count). The lowest BCUT2D eigenvalue weighted by Gasteiger charge is -2.22. The van der Waals surface area contributed by atoms with E-state index in [-0.39, 0.29) is 24.4 Å². The van der Waals surface area contributed by atoms with Gasteiger partial charge in [-0.05, 0) is 49.2 Å². The predicted octanol–water partition coefficient (Wildman–Crippen LogP) is 3.82. The maximum Gasteiger partial charge on any atom is 0.251 e. The van der Waals surface area contributed by atoms with E-state index < -0.39 is 0 Å². The number of anilines is 2. The Balaban J connectivity index is 1.43. The van der Waals surface area contributed by atoms with E-state index >= 15 is 0 Å². The molecule has 0 radical (unpaired) electrons. The van der Waals surface area contributed by atoms with Crippen LogP contribution >= 0.6 is 0 Å². The summed E-state index contributed by atoms with van der Waals surface area (Å²) in [5.74, 6) is 0.460. The van der Waals surface area contributed by atoms with Gasteiger partial charge < -0.3 is 25.4 Å². The Labute approximate surface area is 183 Å². The van der Waals surface area contributed by atoms with Gasteiger partial charge in [0.1, 0.15) is 12.4 Å². The number of benzene rings is 2. The molecule has 2 aromatic carbocycles. The van der Waals surface area contributed by atoms with E-state index in [0.29, 0.717) is 30.2 Å². The van der Waals surface area contributed by atoms with E-state index in [1.54, 1.807) is 31.4 Å². The summed E-state index contributed by atoms with van der Waals surface area (Å²) in [6.07, 6.45) is 5.74. The Bertz CT molecular complexity index is 848. The van der Waals surface area contributed by atoms with Crippen molar-refractivity contribution in [3.63, 3.8) is 0 Å². The molecular weight excluding hydrogens is 394 g/mol. The highest BCUT2D eigenvalue weighted by Crippen LogP contribution is 2.19. The standard InChI is InChI=1S/C24H31N3O4/c1-30-14-15-31-22-9-5-8-21(16-22)26-23(28)17-25-19-12-10-18(11-13-19)24(29)27-20-6-3-2-4-7-20/h5,8-13,16,20,25H,2-4,6-7,14-15,17H2,1H3,(H,26,28)(H,27,29). The second kappa shape index (κ2) is 12.0. The molecule has 1 aliphatic rings. The van der Waals surface area contributed by atoms with Gasteiger partial charge in [-0.2, -0.15) is 0 Å². The molecule has 31 heavy (non-hydrogen) atoms. The minimum Gasteiger partial charge on any atom is -0.491 e. The summed E-state index contributed by atoms with van der Waals surface area (Å²) in [5, 5.41) is 9.03. The molecule has 7 heteroatoms. The number of hydrogen-bond donors (Lipinski definition) is 3. The molecule has 1 fully saturated rings. The molecule has 2 aromatic rings. The van der Waals surface area contributed by atoms with Crippen LogP contribution < -0.4 is 20.7 Å². The smallest absolute Gasteiger partial charge is 0.251 e.